The van der Waals surface area contributed by atoms with E-state index in [2.05, 4.69) is 10.2 Å². The molecule has 6 nitrogen and oxygen atoms in total. The summed E-state index contributed by atoms with van der Waals surface area (Å²) in [4.78, 5) is 21.1. The summed E-state index contributed by atoms with van der Waals surface area (Å²) in [5.74, 6) is -0.621. The van der Waals surface area contributed by atoms with E-state index in [1.807, 2.05) is 0 Å². The Kier molecular flexibility index (Phi) is 2.27. The van der Waals surface area contributed by atoms with Crippen LogP contribution in [0.1, 0.15) is 0 Å². The van der Waals surface area contributed by atoms with Crippen molar-refractivity contribution < 1.29 is 19.4 Å². The second kappa shape index (κ2) is 3.20. The predicted octanol–water partition coefficient (Wildman–Crippen LogP) is -1.54. The van der Waals surface area contributed by atoms with Crippen LogP contribution in [0.15, 0.2) is 0 Å². The van der Waals surface area contributed by atoms with Gasteiger partial charge in [0.1, 0.15) is 13.2 Å². The molecular formula is C5H8N2O4. The molecule has 0 radical (unpaired) electrons. The molecular weight excluding hydrogens is 152 g/mol. The minimum Gasteiger partial charge on any atom is -0.446 e. The number of nitrogens with one attached hydrogen (secondary N) is 1. The number of aliphatic hydroxyl groups is 1. The summed E-state index contributed by atoms with van der Waals surface area (Å²) in [5, 5.41) is 9.30. The Labute approximate surface area is 62.7 Å². The van der Waals surface area contributed by atoms with E-state index in [0.717, 1.165) is 5.01 Å². The minimum atomic E-state index is -0.635. The van der Waals surface area contributed by atoms with Gasteiger partial charge in [0.15, 0.2) is 0 Å². The van der Waals surface area contributed by atoms with E-state index in [9.17, 15) is 9.59 Å². The van der Waals surface area contributed by atoms with E-state index >= 15 is 0 Å². The maximum absolute atomic E-state index is 10.6. The highest BCUT2D eigenvalue weighted by atomic mass is 16.6. The molecule has 0 aromatic heterocycles. The first-order chi connectivity index (χ1) is 5.24. The van der Waals surface area contributed by atoms with Crippen molar-refractivity contribution >= 4 is 12.0 Å². The Morgan fingerprint density at radius 2 is 2.55 bits per heavy atom. The maximum atomic E-state index is 10.6. The molecule has 11 heavy (non-hydrogen) atoms. The van der Waals surface area contributed by atoms with Gasteiger partial charge in [-0.2, -0.15) is 0 Å². The van der Waals surface area contributed by atoms with Crippen LogP contribution in [0, 0.1) is 0 Å². The number of hydrogen-bond donors (Lipinski definition) is 2. The van der Waals surface area contributed by atoms with E-state index in [1.165, 1.54) is 0 Å². The zero-order valence-electron chi connectivity index (χ0n) is 5.74. The SMILES string of the molecule is O=C(CO)NN1CCOC1=O. The third kappa shape index (κ3) is 1.81. The molecule has 0 aromatic carbocycles. The highest BCUT2D eigenvalue weighted by molar-refractivity contribution is 5.80. The fourth-order valence-corrected chi connectivity index (χ4v) is 0.681. The van der Waals surface area contributed by atoms with Gasteiger partial charge >= 0.3 is 6.09 Å². The number of nitrogens with zero attached hydrogens (tertiary/aromatic N) is 1. The number of cyclic esters (lactones) is 1. The van der Waals surface area contributed by atoms with Crippen molar-refractivity contribution in [2.24, 2.45) is 0 Å². The topological polar surface area (TPSA) is 78.9 Å². The Balaban J connectivity index is 2.36. The first-order valence-electron chi connectivity index (χ1n) is 3.08. The van der Waals surface area contributed by atoms with Gasteiger partial charge in [-0.3, -0.25) is 10.2 Å². The van der Waals surface area contributed by atoms with Crippen LogP contribution in [-0.4, -0.2) is 41.9 Å². The van der Waals surface area contributed by atoms with Crippen LogP contribution in [0.5, 0.6) is 0 Å². The molecule has 1 fully saturated rings. The lowest BCUT2D eigenvalue weighted by Gasteiger charge is -2.11. The first-order valence-corrected chi connectivity index (χ1v) is 3.08. The van der Waals surface area contributed by atoms with Gasteiger partial charge in [0.05, 0.1) is 6.54 Å². The lowest BCUT2D eigenvalue weighted by atomic mass is 10.6. The van der Waals surface area contributed by atoms with E-state index in [0.29, 0.717) is 6.54 Å². The Bertz CT molecular complexity index is 181. The summed E-state index contributed by atoms with van der Waals surface area (Å²) in [6.07, 6.45) is -0.591. The molecule has 0 aliphatic carbocycles. The summed E-state index contributed by atoms with van der Waals surface area (Å²) in [6, 6.07) is 0. The average Bonchev–Trinajstić information content (AvgIpc) is 2.37. The lowest BCUT2D eigenvalue weighted by molar-refractivity contribution is -0.127. The van der Waals surface area contributed by atoms with E-state index in [4.69, 9.17) is 5.11 Å². The second-order valence-electron chi connectivity index (χ2n) is 1.96. The number of carbonyl (C=O) groups excluding carboxylic acids is 2. The van der Waals surface area contributed by atoms with Gasteiger partial charge in [-0.25, -0.2) is 9.80 Å². The van der Waals surface area contributed by atoms with Gasteiger partial charge in [-0.05, 0) is 0 Å². The molecule has 1 aliphatic heterocycles. The quantitative estimate of drug-likeness (QED) is 0.513. The lowest BCUT2D eigenvalue weighted by Crippen LogP contribution is -2.43. The van der Waals surface area contributed by atoms with Crippen LogP contribution in [0.4, 0.5) is 4.79 Å². The molecule has 0 atom stereocenters. The Morgan fingerprint density at radius 3 is 3.00 bits per heavy atom. The Morgan fingerprint density at radius 1 is 1.82 bits per heavy atom. The summed E-state index contributed by atoms with van der Waals surface area (Å²) in [7, 11) is 0. The molecule has 62 valence electrons. The molecule has 0 spiro atoms. The smallest absolute Gasteiger partial charge is 0.428 e. The van der Waals surface area contributed by atoms with Crippen molar-refractivity contribution in [3.63, 3.8) is 0 Å². The molecule has 1 heterocycles. The largest absolute Gasteiger partial charge is 0.446 e. The van der Waals surface area contributed by atoms with Gasteiger partial charge < -0.3 is 9.84 Å². The van der Waals surface area contributed by atoms with Gasteiger partial charge in [-0.15, -0.1) is 0 Å². The van der Waals surface area contributed by atoms with E-state index < -0.39 is 18.6 Å². The molecule has 2 amide bonds. The fourth-order valence-electron chi connectivity index (χ4n) is 0.681. The molecule has 0 unspecified atom stereocenters. The Hall–Kier alpha value is -1.30. The number of carbonyl (C=O) groups is 2. The summed E-state index contributed by atoms with van der Waals surface area (Å²) >= 11 is 0. The van der Waals surface area contributed by atoms with Gasteiger partial charge in [0.2, 0.25) is 0 Å². The molecule has 0 saturated carbocycles. The number of rotatable bonds is 2. The number of amides is 2. The fraction of sp³-hybridized carbons (Fsp3) is 0.600. The van der Waals surface area contributed by atoms with Gasteiger partial charge in [0.25, 0.3) is 5.91 Å². The highest BCUT2D eigenvalue weighted by Crippen LogP contribution is 1.97. The summed E-state index contributed by atoms with van der Waals surface area (Å²) in [6.45, 7) is -0.0428. The molecule has 1 aliphatic rings. The highest BCUT2D eigenvalue weighted by Gasteiger charge is 2.22. The third-order valence-corrected chi connectivity index (χ3v) is 1.16. The predicted molar refractivity (Wildman–Crippen MR) is 33.3 cm³/mol. The summed E-state index contributed by atoms with van der Waals surface area (Å²) < 4.78 is 4.50. The molecule has 0 bridgehead atoms. The summed E-state index contributed by atoms with van der Waals surface area (Å²) in [5.41, 5.74) is 2.15. The molecule has 0 aromatic rings. The zero-order valence-corrected chi connectivity index (χ0v) is 5.74. The van der Waals surface area contributed by atoms with Crippen molar-refractivity contribution in [2.75, 3.05) is 19.8 Å². The van der Waals surface area contributed by atoms with Gasteiger partial charge in [-0.1, -0.05) is 0 Å². The van der Waals surface area contributed by atoms with Crippen molar-refractivity contribution in [3.05, 3.63) is 0 Å². The van der Waals surface area contributed by atoms with Crippen LogP contribution in [-0.2, 0) is 9.53 Å². The van der Waals surface area contributed by atoms with Crippen molar-refractivity contribution in [1.29, 1.82) is 0 Å². The molecule has 1 rings (SSSR count). The standard InChI is InChI=1S/C5H8N2O4/c8-3-4(9)6-7-1-2-11-5(7)10/h8H,1-3H2,(H,6,9). The van der Waals surface area contributed by atoms with Crippen LogP contribution in [0.3, 0.4) is 0 Å². The van der Waals surface area contributed by atoms with Crippen LogP contribution in [0.2, 0.25) is 0 Å². The van der Waals surface area contributed by atoms with Gasteiger partial charge in [0, 0.05) is 0 Å². The van der Waals surface area contributed by atoms with Crippen LogP contribution >= 0.6 is 0 Å². The normalized spacial score (nSPS) is 16.5. The minimum absolute atomic E-state index is 0.268. The van der Waals surface area contributed by atoms with Crippen molar-refractivity contribution in [1.82, 2.24) is 10.4 Å². The third-order valence-electron chi connectivity index (χ3n) is 1.16. The monoisotopic (exact) mass is 160 g/mol. The van der Waals surface area contributed by atoms with Crippen LogP contribution in [0.25, 0.3) is 0 Å². The second-order valence-corrected chi connectivity index (χ2v) is 1.96. The maximum Gasteiger partial charge on any atom is 0.428 e. The number of aliphatic hydroxyl groups excluding tert-OH is 1. The van der Waals surface area contributed by atoms with E-state index in [1.54, 1.807) is 0 Å². The van der Waals surface area contributed by atoms with Crippen molar-refractivity contribution in [2.45, 2.75) is 0 Å². The zero-order chi connectivity index (χ0) is 8.27. The number of hydrogen-bond acceptors (Lipinski definition) is 4. The molecule has 6 heteroatoms. The average molecular weight is 160 g/mol. The van der Waals surface area contributed by atoms with Crippen LogP contribution < -0.4 is 5.43 Å². The molecule has 1 saturated heterocycles. The molecule has 2 N–H and O–H groups in total. The first kappa shape index (κ1) is 7.80. The van der Waals surface area contributed by atoms with Crippen molar-refractivity contribution in [3.8, 4) is 0 Å². The number of ether oxygens (including phenoxy) is 1. The number of hydrazine groups is 1. The van der Waals surface area contributed by atoms with E-state index in [-0.39, 0.29) is 6.61 Å².